The lowest BCUT2D eigenvalue weighted by Crippen LogP contribution is -2.49. The topological polar surface area (TPSA) is 49.9 Å². The number of hydrogen-bond donors (Lipinski definition) is 0. The van der Waals surface area contributed by atoms with Gasteiger partial charge in [0.25, 0.3) is 0 Å². The fraction of sp³-hybridized carbons (Fsp3) is 0.368. The van der Waals surface area contributed by atoms with Crippen LogP contribution in [0.5, 0.6) is 5.75 Å². The lowest BCUT2D eigenvalue weighted by Gasteiger charge is -2.39. The summed E-state index contributed by atoms with van der Waals surface area (Å²) in [5.41, 5.74) is 1.89. The van der Waals surface area contributed by atoms with Crippen molar-refractivity contribution in [1.82, 2.24) is 9.21 Å². The quantitative estimate of drug-likeness (QED) is 0.822. The van der Waals surface area contributed by atoms with Crippen molar-refractivity contribution in [3.63, 3.8) is 0 Å². The largest absolute Gasteiger partial charge is 0.497 e. The molecule has 25 heavy (non-hydrogen) atoms. The summed E-state index contributed by atoms with van der Waals surface area (Å²) >= 11 is 0. The molecule has 6 heteroatoms. The minimum atomic E-state index is -3.34. The van der Waals surface area contributed by atoms with Crippen LogP contribution in [-0.2, 0) is 15.8 Å². The molecule has 1 aliphatic heterocycles. The number of piperazine rings is 1. The van der Waals surface area contributed by atoms with Crippen LogP contribution in [0, 0.1) is 0 Å². The molecule has 0 aliphatic carbocycles. The molecule has 0 saturated carbocycles. The van der Waals surface area contributed by atoms with E-state index in [9.17, 15) is 8.42 Å². The molecule has 1 unspecified atom stereocenters. The van der Waals surface area contributed by atoms with Crippen LogP contribution in [0.1, 0.15) is 17.2 Å². The Morgan fingerprint density at radius 1 is 1.08 bits per heavy atom. The molecule has 0 aromatic heterocycles. The van der Waals surface area contributed by atoms with Crippen LogP contribution < -0.4 is 4.74 Å². The number of likely N-dealkylation sites (N-methyl/N-ethyl adjacent to an activating group) is 1. The van der Waals surface area contributed by atoms with Gasteiger partial charge in [0.05, 0.1) is 12.9 Å². The zero-order valence-corrected chi connectivity index (χ0v) is 15.4. The van der Waals surface area contributed by atoms with Crippen molar-refractivity contribution >= 4 is 10.0 Å². The average molecular weight is 360 g/mol. The lowest BCUT2D eigenvalue weighted by molar-refractivity contribution is 0.148. The molecule has 2 aromatic carbocycles. The van der Waals surface area contributed by atoms with Crippen LogP contribution in [0.3, 0.4) is 0 Å². The SMILES string of the molecule is COc1cccc(C2CN(S(=O)(=O)Cc3ccccc3)CCN2C)c1. The molecule has 0 bridgehead atoms. The molecule has 1 saturated heterocycles. The molecule has 0 radical (unpaired) electrons. The highest BCUT2D eigenvalue weighted by molar-refractivity contribution is 7.88. The van der Waals surface area contributed by atoms with Crippen molar-refractivity contribution in [2.75, 3.05) is 33.8 Å². The summed E-state index contributed by atoms with van der Waals surface area (Å²) in [4.78, 5) is 2.20. The number of hydrogen-bond acceptors (Lipinski definition) is 4. The zero-order valence-electron chi connectivity index (χ0n) is 14.6. The first-order chi connectivity index (χ1) is 12.0. The first kappa shape index (κ1) is 17.9. The Balaban J connectivity index is 1.79. The fourth-order valence-corrected chi connectivity index (χ4v) is 4.71. The highest BCUT2D eigenvalue weighted by atomic mass is 32.2. The maximum absolute atomic E-state index is 12.8. The lowest BCUT2D eigenvalue weighted by atomic mass is 10.0. The Labute approximate surface area is 149 Å². The van der Waals surface area contributed by atoms with E-state index < -0.39 is 10.0 Å². The summed E-state index contributed by atoms with van der Waals surface area (Å²) in [5.74, 6) is 0.831. The van der Waals surface area contributed by atoms with Crippen LogP contribution in [0.25, 0.3) is 0 Å². The Kier molecular flexibility index (Phi) is 5.42. The van der Waals surface area contributed by atoms with Crippen molar-refractivity contribution in [1.29, 1.82) is 0 Å². The second-order valence-electron chi connectivity index (χ2n) is 6.37. The number of benzene rings is 2. The summed E-state index contributed by atoms with van der Waals surface area (Å²) in [5, 5.41) is 0. The Morgan fingerprint density at radius 2 is 1.84 bits per heavy atom. The minimum Gasteiger partial charge on any atom is -0.497 e. The molecule has 1 fully saturated rings. The van der Waals surface area contributed by atoms with Gasteiger partial charge in [-0.3, -0.25) is 4.90 Å². The Morgan fingerprint density at radius 3 is 2.56 bits per heavy atom. The Bertz CT molecular complexity index is 808. The highest BCUT2D eigenvalue weighted by Gasteiger charge is 2.32. The molecule has 2 aromatic rings. The van der Waals surface area contributed by atoms with Gasteiger partial charge in [0.1, 0.15) is 5.75 Å². The van der Waals surface area contributed by atoms with E-state index in [1.807, 2.05) is 61.6 Å². The summed E-state index contributed by atoms with van der Waals surface area (Å²) in [6, 6.07) is 17.2. The molecule has 3 rings (SSSR count). The molecule has 1 atom stereocenters. The molecule has 1 aliphatic rings. The van der Waals surface area contributed by atoms with Gasteiger partial charge in [-0.2, -0.15) is 4.31 Å². The molecule has 0 amide bonds. The number of rotatable bonds is 5. The monoisotopic (exact) mass is 360 g/mol. The fourth-order valence-electron chi connectivity index (χ4n) is 3.19. The Hall–Kier alpha value is -1.89. The van der Waals surface area contributed by atoms with Gasteiger partial charge in [-0.25, -0.2) is 8.42 Å². The van der Waals surface area contributed by atoms with Gasteiger partial charge in [-0.15, -0.1) is 0 Å². The summed E-state index contributed by atoms with van der Waals surface area (Å²) in [6.07, 6.45) is 0. The van der Waals surface area contributed by atoms with Gasteiger partial charge in [0, 0.05) is 25.7 Å². The number of sulfonamides is 1. The van der Waals surface area contributed by atoms with Crippen LogP contribution in [0.15, 0.2) is 54.6 Å². The van der Waals surface area contributed by atoms with E-state index in [1.165, 1.54) is 0 Å². The molecule has 134 valence electrons. The van der Waals surface area contributed by atoms with Gasteiger partial charge in [-0.05, 0) is 30.3 Å². The normalized spacial score (nSPS) is 19.7. The maximum atomic E-state index is 12.8. The van der Waals surface area contributed by atoms with Crippen molar-refractivity contribution < 1.29 is 13.2 Å². The second kappa shape index (κ2) is 7.56. The van der Waals surface area contributed by atoms with E-state index in [0.717, 1.165) is 16.9 Å². The van der Waals surface area contributed by atoms with E-state index in [-0.39, 0.29) is 11.8 Å². The second-order valence-corrected chi connectivity index (χ2v) is 8.34. The summed E-state index contributed by atoms with van der Waals surface area (Å²) in [6.45, 7) is 1.68. The summed E-state index contributed by atoms with van der Waals surface area (Å²) in [7, 11) is 0.331. The van der Waals surface area contributed by atoms with Crippen LogP contribution in [0.4, 0.5) is 0 Å². The van der Waals surface area contributed by atoms with Gasteiger partial charge < -0.3 is 4.74 Å². The van der Waals surface area contributed by atoms with Crippen LogP contribution >= 0.6 is 0 Å². The first-order valence-electron chi connectivity index (χ1n) is 8.35. The summed E-state index contributed by atoms with van der Waals surface area (Å²) < 4.78 is 32.6. The average Bonchev–Trinajstić information content (AvgIpc) is 2.62. The predicted octanol–water partition coefficient (Wildman–Crippen LogP) is 2.51. The minimum absolute atomic E-state index is 0.0226. The van der Waals surface area contributed by atoms with Crippen LogP contribution in [-0.4, -0.2) is 51.4 Å². The highest BCUT2D eigenvalue weighted by Crippen LogP contribution is 2.28. The third-order valence-corrected chi connectivity index (χ3v) is 6.49. The predicted molar refractivity (Wildman–Crippen MR) is 99.0 cm³/mol. The van der Waals surface area contributed by atoms with E-state index in [2.05, 4.69) is 4.90 Å². The molecule has 0 N–H and O–H groups in total. The molecular formula is C19H24N2O3S. The number of nitrogens with zero attached hydrogens (tertiary/aromatic N) is 2. The van der Waals surface area contributed by atoms with Gasteiger partial charge in [-0.1, -0.05) is 42.5 Å². The molecule has 5 nitrogen and oxygen atoms in total. The smallest absolute Gasteiger partial charge is 0.218 e. The van der Waals surface area contributed by atoms with Crippen molar-refractivity contribution in [2.24, 2.45) is 0 Å². The van der Waals surface area contributed by atoms with E-state index in [4.69, 9.17) is 4.74 Å². The third-order valence-electron chi connectivity index (χ3n) is 4.67. The zero-order chi connectivity index (χ0) is 17.9. The standard InChI is InChI=1S/C19H24N2O3S/c1-20-11-12-21(25(22,23)15-16-7-4-3-5-8-16)14-19(20)17-9-6-10-18(13-17)24-2/h3-10,13,19H,11-12,14-15H2,1-2H3. The first-order valence-corrected chi connectivity index (χ1v) is 9.96. The van der Waals surface area contributed by atoms with E-state index >= 15 is 0 Å². The molecular weight excluding hydrogens is 336 g/mol. The maximum Gasteiger partial charge on any atom is 0.218 e. The third kappa shape index (κ3) is 4.21. The number of ether oxygens (including phenoxy) is 1. The molecule has 1 heterocycles. The van der Waals surface area contributed by atoms with E-state index in [0.29, 0.717) is 19.6 Å². The van der Waals surface area contributed by atoms with Crippen molar-refractivity contribution in [3.05, 3.63) is 65.7 Å². The van der Waals surface area contributed by atoms with Crippen molar-refractivity contribution in [3.8, 4) is 5.75 Å². The van der Waals surface area contributed by atoms with E-state index in [1.54, 1.807) is 11.4 Å². The van der Waals surface area contributed by atoms with Crippen molar-refractivity contribution in [2.45, 2.75) is 11.8 Å². The van der Waals surface area contributed by atoms with Gasteiger partial charge in [0.2, 0.25) is 10.0 Å². The number of methoxy groups -OCH3 is 1. The van der Waals surface area contributed by atoms with Gasteiger partial charge in [0.15, 0.2) is 0 Å². The van der Waals surface area contributed by atoms with Crippen LogP contribution in [0.2, 0.25) is 0 Å². The molecule has 0 spiro atoms. The van der Waals surface area contributed by atoms with Gasteiger partial charge >= 0.3 is 0 Å².